The summed E-state index contributed by atoms with van der Waals surface area (Å²) < 4.78 is 0. The van der Waals surface area contributed by atoms with Gasteiger partial charge in [-0.3, -0.25) is 4.90 Å². The van der Waals surface area contributed by atoms with Crippen LogP contribution in [-0.2, 0) is 0 Å². The highest BCUT2D eigenvalue weighted by molar-refractivity contribution is 7.99. The molecule has 0 spiro atoms. The first-order chi connectivity index (χ1) is 6.87. The van der Waals surface area contributed by atoms with E-state index >= 15 is 0 Å². The summed E-state index contributed by atoms with van der Waals surface area (Å²) in [6.45, 7) is 2.29. The van der Waals surface area contributed by atoms with Crippen LogP contribution in [0.5, 0.6) is 0 Å². The number of hydrogen-bond donors (Lipinski definition) is 0. The van der Waals surface area contributed by atoms with Gasteiger partial charge in [0.2, 0.25) is 0 Å². The fourth-order valence-electron chi connectivity index (χ4n) is 2.51. The summed E-state index contributed by atoms with van der Waals surface area (Å²) in [6, 6.07) is 2.59. The second-order valence-corrected chi connectivity index (χ2v) is 5.45. The minimum Gasteiger partial charge on any atom is -0.285 e. The Hall–Kier alpha value is -0.200. The van der Waals surface area contributed by atoms with E-state index in [1.54, 1.807) is 0 Å². The van der Waals surface area contributed by atoms with Crippen molar-refractivity contribution in [2.24, 2.45) is 0 Å². The molecule has 2 aliphatic rings. The first-order valence-electron chi connectivity index (χ1n) is 5.61. The fourth-order valence-corrected chi connectivity index (χ4v) is 3.73. The van der Waals surface area contributed by atoms with Crippen molar-refractivity contribution >= 4 is 11.8 Å². The molecule has 0 radical (unpaired) electrons. The van der Waals surface area contributed by atoms with Crippen LogP contribution in [-0.4, -0.2) is 35.0 Å². The standard InChI is InChI=1S/C11H18N2S/c12-9-11(5-4-8-14-10-11)13-6-2-1-3-7-13/h1-8,10H2. The van der Waals surface area contributed by atoms with Gasteiger partial charge in [-0.05, 0) is 44.5 Å². The maximum absolute atomic E-state index is 9.39. The van der Waals surface area contributed by atoms with E-state index in [9.17, 15) is 5.26 Å². The third-order valence-corrected chi connectivity index (χ3v) is 4.65. The van der Waals surface area contributed by atoms with Gasteiger partial charge in [-0.2, -0.15) is 17.0 Å². The smallest absolute Gasteiger partial charge is 0.118 e. The first kappa shape index (κ1) is 10.3. The Morgan fingerprint density at radius 2 is 1.93 bits per heavy atom. The molecule has 0 amide bonds. The second kappa shape index (κ2) is 4.55. The zero-order valence-corrected chi connectivity index (χ0v) is 9.48. The predicted molar refractivity (Wildman–Crippen MR) is 60.3 cm³/mol. The fraction of sp³-hybridized carbons (Fsp3) is 0.909. The van der Waals surface area contributed by atoms with Crippen molar-refractivity contribution in [3.05, 3.63) is 0 Å². The lowest BCUT2D eigenvalue weighted by atomic mass is 9.92. The molecule has 1 atom stereocenters. The normalized spacial score (nSPS) is 35.1. The highest BCUT2D eigenvalue weighted by atomic mass is 32.2. The van der Waals surface area contributed by atoms with Crippen molar-refractivity contribution in [3.8, 4) is 6.07 Å². The van der Waals surface area contributed by atoms with Gasteiger partial charge in [-0.25, -0.2) is 0 Å². The van der Waals surface area contributed by atoms with E-state index in [1.165, 1.54) is 31.4 Å². The number of rotatable bonds is 1. The van der Waals surface area contributed by atoms with Crippen LogP contribution in [0.3, 0.4) is 0 Å². The Bertz CT molecular complexity index is 222. The summed E-state index contributed by atoms with van der Waals surface area (Å²) in [7, 11) is 0. The van der Waals surface area contributed by atoms with E-state index in [2.05, 4.69) is 11.0 Å². The van der Waals surface area contributed by atoms with Crippen LogP contribution in [0.15, 0.2) is 0 Å². The van der Waals surface area contributed by atoms with Crippen molar-refractivity contribution in [2.45, 2.75) is 37.6 Å². The number of nitrogens with zero attached hydrogens (tertiary/aromatic N) is 2. The van der Waals surface area contributed by atoms with E-state index in [0.717, 1.165) is 25.3 Å². The van der Waals surface area contributed by atoms with Crippen LogP contribution in [0.4, 0.5) is 0 Å². The minimum absolute atomic E-state index is 0.108. The average Bonchev–Trinajstić information content (AvgIpc) is 2.31. The molecule has 14 heavy (non-hydrogen) atoms. The van der Waals surface area contributed by atoms with Gasteiger partial charge in [0.25, 0.3) is 0 Å². The van der Waals surface area contributed by atoms with E-state index in [0.29, 0.717) is 0 Å². The molecule has 0 aromatic rings. The topological polar surface area (TPSA) is 27.0 Å². The molecule has 0 bridgehead atoms. The highest BCUT2D eigenvalue weighted by Gasteiger charge is 2.38. The summed E-state index contributed by atoms with van der Waals surface area (Å²) in [5.74, 6) is 2.28. The summed E-state index contributed by atoms with van der Waals surface area (Å²) in [4.78, 5) is 2.45. The molecule has 0 aromatic carbocycles. The summed E-state index contributed by atoms with van der Waals surface area (Å²) in [5, 5.41) is 9.39. The van der Waals surface area contributed by atoms with Gasteiger partial charge >= 0.3 is 0 Å². The van der Waals surface area contributed by atoms with E-state index in [4.69, 9.17) is 0 Å². The van der Waals surface area contributed by atoms with Gasteiger partial charge in [0, 0.05) is 5.75 Å². The Morgan fingerprint density at radius 1 is 1.14 bits per heavy atom. The molecule has 0 N–H and O–H groups in total. The number of thioether (sulfide) groups is 1. The zero-order chi connectivity index (χ0) is 9.86. The van der Waals surface area contributed by atoms with Crippen LogP contribution in [0, 0.1) is 11.3 Å². The first-order valence-corrected chi connectivity index (χ1v) is 6.77. The van der Waals surface area contributed by atoms with Gasteiger partial charge < -0.3 is 0 Å². The van der Waals surface area contributed by atoms with E-state index in [-0.39, 0.29) is 5.54 Å². The van der Waals surface area contributed by atoms with Crippen LogP contribution in [0.25, 0.3) is 0 Å². The van der Waals surface area contributed by atoms with Crippen LogP contribution >= 0.6 is 11.8 Å². The molecule has 2 heterocycles. The Kier molecular flexibility index (Phi) is 3.35. The van der Waals surface area contributed by atoms with Crippen molar-refractivity contribution < 1.29 is 0 Å². The Labute approximate surface area is 90.7 Å². The lowest BCUT2D eigenvalue weighted by molar-refractivity contribution is 0.117. The predicted octanol–water partition coefficient (Wildman–Crippen LogP) is 2.26. The number of hydrogen-bond acceptors (Lipinski definition) is 3. The van der Waals surface area contributed by atoms with Crippen LogP contribution in [0.2, 0.25) is 0 Å². The van der Waals surface area contributed by atoms with Gasteiger partial charge in [0.1, 0.15) is 5.54 Å². The molecule has 0 aliphatic carbocycles. The van der Waals surface area contributed by atoms with Crippen LogP contribution in [0.1, 0.15) is 32.1 Å². The molecular weight excluding hydrogens is 192 g/mol. The lowest BCUT2D eigenvalue weighted by Gasteiger charge is -2.42. The molecule has 0 aromatic heterocycles. The molecule has 3 heteroatoms. The Balaban J connectivity index is 2.06. The zero-order valence-electron chi connectivity index (χ0n) is 8.67. The maximum Gasteiger partial charge on any atom is 0.118 e. The summed E-state index contributed by atoms with van der Waals surface area (Å²) in [6.07, 6.45) is 6.23. The Morgan fingerprint density at radius 3 is 2.50 bits per heavy atom. The van der Waals surface area contributed by atoms with Gasteiger partial charge in [-0.1, -0.05) is 6.42 Å². The van der Waals surface area contributed by atoms with Crippen molar-refractivity contribution in [2.75, 3.05) is 24.6 Å². The second-order valence-electron chi connectivity index (χ2n) is 4.35. The minimum atomic E-state index is -0.108. The molecular formula is C11H18N2S. The summed E-state index contributed by atoms with van der Waals surface area (Å²) >= 11 is 1.96. The average molecular weight is 210 g/mol. The van der Waals surface area contributed by atoms with Crippen LogP contribution < -0.4 is 0 Å². The molecule has 0 saturated carbocycles. The van der Waals surface area contributed by atoms with Crippen molar-refractivity contribution in [3.63, 3.8) is 0 Å². The number of piperidine rings is 1. The van der Waals surface area contributed by atoms with Crippen molar-refractivity contribution in [1.82, 2.24) is 4.90 Å². The largest absolute Gasteiger partial charge is 0.285 e. The van der Waals surface area contributed by atoms with E-state index < -0.39 is 0 Å². The van der Waals surface area contributed by atoms with E-state index in [1.807, 2.05) is 11.8 Å². The lowest BCUT2D eigenvalue weighted by Crippen LogP contribution is -2.53. The van der Waals surface area contributed by atoms with Gasteiger partial charge in [-0.15, -0.1) is 0 Å². The molecule has 2 saturated heterocycles. The molecule has 1 unspecified atom stereocenters. The molecule has 78 valence electrons. The highest BCUT2D eigenvalue weighted by Crippen LogP contribution is 2.33. The third-order valence-electron chi connectivity index (χ3n) is 3.39. The molecule has 2 aliphatic heterocycles. The van der Waals surface area contributed by atoms with Gasteiger partial charge in [0.05, 0.1) is 6.07 Å². The van der Waals surface area contributed by atoms with Crippen molar-refractivity contribution in [1.29, 1.82) is 5.26 Å². The SMILES string of the molecule is N#CC1(N2CCCCC2)CCCSC1. The van der Waals surface area contributed by atoms with Gasteiger partial charge in [0.15, 0.2) is 0 Å². The monoisotopic (exact) mass is 210 g/mol. The third kappa shape index (κ3) is 1.92. The summed E-state index contributed by atoms with van der Waals surface area (Å²) in [5.41, 5.74) is -0.108. The number of likely N-dealkylation sites (tertiary alicyclic amines) is 1. The quantitative estimate of drug-likeness (QED) is 0.664. The molecule has 2 fully saturated rings. The maximum atomic E-state index is 9.39. The molecule has 2 rings (SSSR count). The number of nitriles is 1. The molecule has 2 nitrogen and oxygen atoms in total.